The number of nitrogens with one attached hydrogen (secondary N) is 1. The minimum atomic E-state index is -0.607. The number of fused-ring (bicyclic) bond motifs is 1. The molecule has 0 atom stereocenters. The highest BCUT2D eigenvalue weighted by molar-refractivity contribution is 6.00. The Kier molecular flexibility index (Phi) is 6.91. The lowest BCUT2D eigenvalue weighted by Gasteiger charge is -2.21. The minimum Gasteiger partial charge on any atom is -0.496 e. The molecule has 0 aliphatic rings. The number of benzene rings is 3. The summed E-state index contributed by atoms with van der Waals surface area (Å²) >= 11 is 0. The van der Waals surface area contributed by atoms with E-state index in [0.29, 0.717) is 11.4 Å². The number of amides is 1. The minimum absolute atomic E-state index is 0.285. The standard InChI is InChI=1S/C24H26N2O4/c1-4-26(5-2)20-12-10-19(11-13-20)25-23(27)16-30-24(28)21-14-17-8-6-7-9-18(17)15-22(21)29-3/h6-15H,4-5,16H2,1-3H3,(H,25,27). The summed E-state index contributed by atoms with van der Waals surface area (Å²) < 4.78 is 10.5. The molecule has 0 heterocycles. The molecule has 0 aliphatic heterocycles. The first-order chi connectivity index (χ1) is 14.5. The lowest BCUT2D eigenvalue weighted by Crippen LogP contribution is -2.22. The van der Waals surface area contributed by atoms with Crippen LogP contribution in [0.4, 0.5) is 11.4 Å². The summed E-state index contributed by atoms with van der Waals surface area (Å²) in [5.74, 6) is -0.602. The number of nitrogens with zero attached hydrogens (tertiary/aromatic N) is 1. The van der Waals surface area contributed by atoms with E-state index in [1.165, 1.54) is 7.11 Å². The zero-order valence-corrected chi connectivity index (χ0v) is 17.5. The maximum absolute atomic E-state index is 12.5. The van der Waals surface area contributed by atoms with E-state index in [1.54, 1.807) is 12.1 Å². The normalized spacial score (nSPS) is 10.5. The van der Waals surface area contributed by atoms with Gasteiger partial charge >= 0.3 is 5.97 Å². The Bertz CT molecular complexity index is 1030. The van der Waals surface area contributed by atoms with Gasteiger partial charge in [-0.05, 0) is 61.0 Å². The highest BCUT2D eigenvalue weighted by Gasteiger charge is 2.16. The van der Waals surface area contributed by atoms with E-state index in [0.717, 1.165) is 29.5 Å². The van der Waals surface area contributed by atoms with Gasteiger partial charge in [0.05, 0.1) is 7.11 Å². The number of esters is 1. The Balaban J connectivity index is 1.62. The molecule has 3 aromatic rings. The van der Waals surface area contributed by atoms with Gasteiger partial charge in [-0.1, -0.05) is 24.3 Å². The van der Waals surface area contributed by atoms with E-state index in [-0.39, 0.29) is 12.2 Å². The predicted molar refractivity (Wildman–Crippen MR) is 119 cm³/mol. The fraction of sp³-hybridized carbons (Fsp3) is 0.250. The summed E-state index contributed by atoms with van der Waals surface area (Å²) in [6.45, 7) is 5.63. The van der Waals surface area contributed by atoms with Crippen LogP contribution < -0.4 is 15.0 Å². The van der Waals surface area contributed by atoms with Crippen LogP contribution >= 0.6 is 0 Å². The van der Waals surface area contributed by atoms with E-state index in [2.05, 4.69) is 24.1 Å². The Morgan fingerprint density at radius 3 is 2.17 bits per heavy atom. The maximum Gasteiger partial charge on any atom is 0.342 e. The van der Waals surface area contributed by atoms with Gasteiger partial charge in [-0.2, -0.15) is 0 Å². The summed E-state index contributed by atoms with van der Waals surface area (Å²) in [6, 6.07) is 18.7. The number of carbonyl (C=O) groups is 2. The molecule has 0 saturated carbocycles. The zero-order chi connectivity index (χ0) is 21.5. The zero-order valence-electron chi connectivity index (χ0n) is 17.5. The topological polar surface area (TPSA) is 67.9 Å². The van der Waals surface area contributed by atoms with Crippen molar-refractivity contribution in [3.63, 3.8) is 0 Å². The van der Waals surface area contributed by atoms with Crippen molar-refractivity contribution in [2.75, 3.05) is 37.0 Å². The van der Waals surface area contributed by atoms with Crippen LogP contribution in [0.25, 0.3) is 10.8 Å². The maximum atomic E-state index is 12.5. The second-order valence-corrected chi connectivity index (χ2v) is 6.74. The van der Waals surface area contributed by atoms with Crippen LogP contribution in [0.1, 0.15) is 24.2 Å². The van der Waals surface area contributed by atoms with Crippen LogP contribution in [0, 0.1) is 0 Å². The first-order valence-corrected chi connectivity index (χ1v) is 9.94. The van der Waals surface area contributed by atoms with E-state index in [9.17, 15) is 9.59 Å². The van der Waals surface area contributed by atoms with Crippen molar-refractivity contribution in [1.29, 1.82) is 0 Å². The monoisotopic (exact) mass is 406 g/mol. The smallest absolute Gasteiger partial charge is 0.342 e. The van der Waals surface area contributed by atoms with Crippen LogP contribution in [-0.4, -0.2) is 38.7 Å². The van der Waals surface area contributed by atoms with Gasteiger partial charge in [0.25, 0.3) is 5.91 Å². The molecule has 3 rings (SSSR count). The van der Waals surface area contributed by atoms with Crippen LogP contribution in [-0.2, 0) is 9.53 Å². The average molecular weight is 406 g/mol. The van der Waals surface area contributed by atoms with Crippen LogP contribution in [0.5, 0.6) is 5.75 Å². The van der Waals surface area contributed by atoms with E-state index >= 15 is 0 Å². The van der Waals surface area contributed by atoms with Crippen molar-refractivity contribution < 1.29 is 19.1 Å². The molecule has 156 valence electrons. The molecule has 0 saturated heterocycles. The number of anilines is 2. The number of ether oxygens (including phenoxy) is 2. The highest BCUT2D eigenvalue weighted by atomic mass is 16.5. The third-order valence-electron chi connectivity index (χ3n) is 4.90. The van der Waals surface area contributed by atoms with Gasteiger partial charge in [0, 0.05) is 24.5 Å². The molecule has 0 bridgehead atoms. The van der Waals surface area contributed by atoms with Crippen LogP contribution in [0.15, 0.2) is 60.7 Å². The highest BCUT2D eigenvalue weighted by Crippen LogP contribution is 2.26. The lowest BCUT2D eigenvalue weighted by molar-refractivity contribution is -0.119. The SMILES string of the molecule is CCN(CC)c1ccc(NC(=O)COC(=O)c2cc3ccccc3cc2OC)cc1. The molecule has 0 aliphatic carbocycles. The number of hydrogen-bond donors (Lipinski definition) is 1. The largest absolute Gasteiger partial charge is 0.496 e. The lowest BCUT2D eigenvalue weighted by atomic mass is 10.1. The van der Waals surface area contributed by atoms with Gasteiger partial charge in [-0.3, -0.25) is 4.79 Å². The van der Waals surface area contributed by atoms with E-state index in [1.807, 2.05) is 48.5 Å². The number of methoxy groups -OCH3 is 1. The molecule has 0 unspecified atom stereocenters. The Morgan fingerprint density at radius 2 is 1.57 bits per heavy atom. The molecule has 1 N–H and O–H groups in total. The molecule has 0 fully saturated rings. The Hall–Kier alpha value is -3.54. The van der Waals surface area contributed by atoms with Gasteiger partial charge in [-0.15, -0.1) is 0 Å². The summed E-state index contributed by atoms with van der Waals surface area (Å²) in [5.41, 5.74) is 2.02. The van der Waals surface area contributed by atoms with Crippen molar-refractivity contribution in [3.8, 4) is 5.75 Å². The van der Waals surface area contributed by atoms with Crippen LogP contribution in [0.2, 0.25) is 0 Å². The molecule has 6 heteroatoms. The molecule has 6 nitrogen and oxygen atoms in total. The predicted octanol–water partition coefficient (Wildman–Crippen LogP) is 4.49. The van der Waals surface area contributed by atoms with Gasteiger partial charge in [-0.25, -0.2) is 4.79 Å². The summed E-state index contributed by atoms with van der Waals surface area (Å²) in [7, 11) is 1.50. The number of rotatable bonds is 8. The quantitative estimate of drug-likeness (QED) is 0.558. The molecule has 0 spiro atoms. The van der Waals surface area contributed by atoms with E-state index in [4.69, 9.17) is 9.47 Å². The summed E-state index contributed by atoms with van der Waals surface area (Å²) in [6.07, 6.45) is 0. The number of hydrogen-bond acceptors (Lipinski definition) is 5. The average Bonchev–Trinajstić information content (AvgIpc) is 2.78. The van der Waals surface area contributed by atoms with Gasteiger partial charge in [0.2, 0.25) is 0 Å². The molecule has 1 amide bonds. The summed E-state index contributed by atoms with van der Waals surface area (Å²) in [4.78, 5) is 27.0. The molecule has 0 radical (unpaired) electrons. The molecule has 3 aromatic carbocycles. The number of carbonyl (C=O) groups excluding carboxylic acids is 2. The first kappa shape index (κ1) is 21.2. The first-order valence-electron chi connectivity index (χ1n) is 9.94. The molecule has 30 heavy (non-hydrogen) atoms. The van der Waals surface area contributed by atoms with E-state index < -0.39 is 11.9 Å². The van der Waals surface area contributed by atoms with Crippen molar-refractivity contribution in [2.45, 2.75) is 13.8 Å². The van der Waals surface area contributed by atoms with Gasteiger partial charge in [0.15, 0.2) is 6.61 Å². The molecular formula is C24H26N2O4. The van der Waals surface area contributed by atoms with Gasteiger partial charge < -0.3 is 19.7 Å². The van der Waals surface area contributed by atoms with Crippen molar-refractivity contribution in [3.05, 3.63) is 66.2 Å². The van der Waals surface area contributed by atoms with Crippen molar-refractivity contribution >= 4 is 34.0 Å². The third kappa shape index (κ3) is 4.89. The van der Waals surface area contributed by atoms with Gasteiger partial charge in [0.1, 0.15) is 11.3 Å². The van der Waals surface area contributed by atoms with Crippen molar-refractivity contribution in [1.82, 2.24) is 0 Å². The molecular weight excluding hydrogens is 380 g/mol. The van der Waals surface area contributed by atoms with Crippen LogP contribution in [0.3, 0.4) is 0 Å². The second-order valence-electron chi connectivity index (χ2n) is 6.74. The van der Waals surface area contributed by atoms with Crippen molar-refractivity contribution in [2.24, 2.45) is 0 Å². The second kappa shape index (κ2) is 9.78. The Morgan fingerprint density at radius 1 is 0.933 bits per heavy atom. The third-order valence-corrected chi connectivity index (χ3v) is 4.90. The molecule has 0 aromatic heterocycles. The summed E-state index contributed by atoms with van der Waals surface area (Å²) in [5, 5.41) is 4.59. The Labute approximate surface area is 176 Å². The fourth-order valence-corrected chi connectivity index (χ4v) is 3.30. The fourth-order valence-electron chi connectivity index (χ4n) is 3.30.